The fraction of sp³-hybridized carbons (Fsp3) is 0.280. The van der Waals surface area contributed by atoms with E-state index in [1.807, 2.05) is 12.1 Å². The first-order chi connectivity index (χ1) is 17.3. The molecule has 1 aliphatic rings. The molecule has 0 atom stereocenters. The predicted molar refractivity (Wildman–Crippen MR) is 139 cm³/mol. The van der Waals surface area contributed by atoms with Crippen molar-refractivity contribution in [2.75, 3.05) is 56.0 Å². The Morgan fingerprint density at radius 1 is 1.03 bits per heavy atom. The number of anilines is 5. The zero-order valence-electron chi connectivity index (χ0n) is 20.2. The molecule has 0 radical (unpaired) electrons. The Morgan fingerprint density at radius 3 is 2.43 bits per heavy atom. The van der Waals surface area contributed by atoms with E-state index in [0.29, 0.717) is 24.7 Å². The van der Waals surface area contributed by atoms with Crippen LogP contribution in [-0.2, 0) is 10.9 Å². The molecule has 0 bridgehead atoms. The molecule has 1 saturated heterocycles. The Morgan fingerprint density at radius 2 is 1.76 bits per heavy atom. The van der Waals surface area contributed by atoms with Crippen LogP contribution in [0.5, 0.6) is 5.75 Å². The molecule has 3 aromatic rings. The number of hydrogen-bond donors (Lipinski definition) is 3. The van der Waals surface area contributed by atoms with Gasteiger partial charge in [0.15, 0.2) is 0 Å². The van der Waals surface area contributed by atoms with Crippen LogP contribution in [0.4, 0.5) is 41.7 Å². The van der Waals surface area contributed by atoms with Crippen molar-refractivity contribution in [3.8, 4) is 5.75 Å². The number of rotatable bonds is 7. The summed E-state index contributed by atoms with van der Waals surface area (Å²) in [6.07, 6.45) is -3.91. The molecule has 0 saturated carbocycles. The van der Waals surface area contributed by atoms with E-state index in [4.69, 9.17) is 9.47 Å². The van der Waals surface area contributed by atoms with Gasteiger partial charge in [0.2, 0.25) is 0 Å². The third-order valence-electron chi connectivity index (χ3n) is 5.70. The number of nitrogens with zero attached hydrogens (tertiary/aromatic N) is 2. The van der Waals surface area contributed by atoms with Gasteiger partial charge in [-0.3, -0.25) is 4.79 Å². The van der Waals surface area contributed by atoms with E-state index in [0.717, 1.165) is 25.0 Å². The Bertz CT molecular complexity index is 1240. The second-order valence-corrected chi connectivity index (χ2v) is 7.97. The fourth-order valence-electron chi connectivity index (χ4n) is 3.86. The number of methoxy groups -OCH3 is 1. The van der Waals surface area contributed by atoms with E-state index in [1.54, 1.807) is 18.2 Å². The van der Waals surface area contributed by atoms with Crippen molar-refractivity contribution in [1.82, 2.24) is 10.3 Å². The molecule has 1 fully saturated rings. The molecule has 4 rings (SSSR count). The van der Waals surface area contributed by atoms with Crippen LogP contribution >= 0.6 is 12.4 Å². The van der Waals surface area contributed by atoms with E-state index < -0.39 is 17.6 Å². The van der Waals surface area contributed by atoms with Gasteiger partial charge in [0.1, 0.15) is 11.6 Å². The first kappa shape index (κ1) is 27.9. The molecule has 1 aliphatic heterocycles. The zero-order valence-corrected chi connectivity index (χ0v) is 21.0. The summed E-state index contributed by atoms with van der Waals surface area (Å²) in [5.41, 5.74) is 0.717. The van der Waals surface area contributed by atoms with Gasteiger partial charge < -0.3 is 30.3 Å². The summed E-state index contributed by atoms with van der Waals surface area (Å²) in [5.74, 6) is 0.254. The number of morpholine rings is 1. The van der Waals surface area contributed by atoms with Crippen molar-refractivity contribution in [2.45, 2.75) is 6.18 Å². The van der Waals surface area contributed by atoms with E-state index in [9.17, 15) is 18.0 Å². The van der Waals surface area contributed by atoms with Gasteiger partial charge in [0.05, 0.1) is 48.5 Å². The minimum Gasteiger partial charge on any atom is -0.494 e. The molecule has 2 aromatic carbocycles. The first-order valence-electron chi connectivity index (χ1n) is 11.2. The zero-order chi connectivity index (χ0) is 25.7. The molecule has 8 nitrogen and oxygen atoms in total. The van der Waals surface area contributed by atoms with Crippen LogP contribution in [0.25, 0.3) is 0 Å². The number of hydrogen-bond acceptors (Lipinski definition) is 7. The van der Waals surface area contributed by atoms with Gasteiger partial charge in [-0.05, 0) is 24.3 Å². The monoisotopic (exact) mass is 537 g/mol. The quantitative estimate of drug-likeness (QED) is 0.381. The summed E-state index contributed by atoms with van der Waals surface area (Å²) in [6.45, 7) is 2.78. The van der Waals surface area contributed by atoms with E-state index in [2.05, 4.69) is 25.8 Å². The third kappa shape index (κ3) is 6.55. The highest BCUT2D eigenvalue weighted by Crippen LogP contribution is 2.38. The van der Waals surface area contributed by atoms with Crippen molar-refractivity contribution >= 4 is 46.9 Å². The van der Waals surface area contributed by atoms with Gasteiger partial charge >= 0.3 is 6.18 Å². The Kier molecular flexibility index (Phi) is 9.06. The van der Waals surface area contributed by atoms with Crippen LogP contribution in [0.15, 0.2) is 54.7 Å². The molecule has 37 heavy (non-hydrogen) atoms. The van der Waals surface area contributed by atoms with Gasteiger partial charge in [-0.1, -0.05) is 12.1 Å². The topological polar surface area (TPSA) is 87.8 Å². The van der Waals surface area contributed by atoms with Gasteiger partial charge in [-0.15, -0.1) is 12.4 Å². The molecule has 0 aliphatic carbocycles. The highest BCUT2D eigenvalue weighted by atomic mass is 35.5. The number of carbonyl (C=O) groups is 1. The molecule has 1 aromatic heterocycles. The first-order valence-corrected chi connectivity index (χ1v) is 11.2. The third-order valence-corrected chi connectivity index (χ3v) is 5.70. The minimum atomic E-state index is -4.66. The molecule has 1 amide bonds. The second-order valence-electron chi connectivity index (χ2n) is 7.97. The summed E-state index contributed by atoms with van der Waals surface area (Å²) in [7, 11) is 2.97. The van der Waals surface area contributed by atoms with Crippen LogP contribution in [-0.4, -0.2) is 51.4 Å². The van der Waals surface area contributed by atoms with Gasteiger partial charge in [0, 0.05) is 44.2 Å². The van der Waals surface area contributed by atoms with E-state index >= 15 is 0 Å². The molecular formula is C25H27ClF3N5O3. The van der Waals surface area contributed by atoms with E-state index in [-0.39, 0.29) is 35.2 Å². The number of nitrogens with one attached hydrogen (secondary N) is 3. The maximum absolute atomic E-state index is 13.8. The second kappa shape index (κ2) is 12.0. The number of para-hydroxylation sites is 1. The fourth-order valence-corrected chi connectivity index (χ4v) is 3.86. The molecule has 2 heterocycles. The average molecular weight is 538 g/mol. The number of ether oxygens (including phenoxy) is 2. The standard InChI is InChI=1S/C25H26F3N5O3.ClH/c1-29-24(34)17-5-3-4-6-19(17)31-21-14-23(30-15-18(21)25(26,27)28)32-20-8-7-16(13-22(20)35-2)33-9-11-36-12-10-33;/h3-8,13-15H,9-12H2,1-2H3,(H,29,34)(H2,30,31,32);1H. The van der Waals surface area contributed by atoms with Crippen LogP contribution < -0.4 is 25.6 Å². The lowest BCUT2D eigenvalue weighted by Crippen LogP contribution is -2.36. The maximum atomic E-state index is 13.8. The van der Waals surface area contributed by atoms with Gasteiger partial charge in [0.25, 0.3) is 5.91 Å². The van der Waals surface area contributed by atoms with Crippen molar-refractivity contribution < 1.29 is 27.4 Å². The van der Waals surface area contributed by atoms with Crippen LogP contribution in [0.2, 0.25) is 0 Å². The molecule has 0 unspecified atom stereocenters. The number of pyridine rings is 1. The number of carbonyl (C=O) groups excluding carboxylic acids is 1. The number of benzene rings is 2. The number of aromatic nitrogens is 1. The number of alkyl halides is 3. The maximum Gasteiger partial charge on any atom is 0.419 e. The van der Waals surface area contributed by atoms with Crippen molar-refractivity contribution in [3.63, 3.8) is 0 Å². The van der Waals surface area contributed by atoms with Crippen molar-refractivity contribution in [1.29, 1.82) is 0 Å². The molecule has 0 spiro atoms. The van der Waals surface area contributed by atoms with Crippen LogP contribution in [0.3, 0.4) is 0 Å². The molecular weight excluding hydrogens is 511 g/mol. The molecule has 3 N–H and O–H groups in total. The predicted octanol–water partition coefficient (Wildman–Crippen LogP) is 5.21. The van der Waals surface area contributed by atoms with Crippen molar-refractivity contribution in [2.24, 2.45) is 0 Å². The molecule has 198 valence electrons. The highest BCUT2D eigenvalue weighted by Gasteiger charge is 2.34. The summed E-state index contributed by atoms with van der Waals surface area (Å²) < 4.78 is 52.2. The van der Waals surface area contributed by atoms with Gasteiger partial charge in [-0.2, -0.15) is 13.2 Å². The Balaban J connectivity index is 0.00000380. The lowest BCUT2D eigenvalue weighted by Gasteiger charge is -2.29. The highest BCUT2D eigenvalue weighted by molar-refractivity contribution is 6.00. The summed E-state index contributed by atoms with van der Waals surface area (Å²) in [4.78, 5) is 18.3. The van der Waals surface area contributed by atoms with Crippen LogP contribution in [0.1, 0.15) is 15.9 Å². The lowest BCUT2D eigenvalue weighted by atomic mass is 10.1. The SMILES string of the molecule is CNC(=O)c1ccccc1Nc1cc(Nc2ccc(N3CCOCC3)cc2OC)ncc1C(F)(F)F.Cl. The largest absolute Gasteiger partial charge is 0.494 e. The summed E-state index contributed by atoms with van der Waals surface area (Å²) in [5, 5.41) is 8.29. The average Bonchev–Trinajstić information content (AvgIpc) is 2.88. The normalized spacial score (nSPS) is 13.4. The Labute approximate surface area is 218 Å². The number of halogens is 4. The smallest absolute Gasteiger partial charge is 0.419 e. The van der Waals surface area contributed by atoms with Crippen LogP contribution in [0, 0.1) is 0 Å². The Hall–Kier alpha value is -3.70. The van der Waals surface area contributed by atoms with E-state index in [1.165, 1.54) is 32.4 Å². The van der Waals surface area contributed by atoms with Crippen molar-refractivity contribution in [3.05, 3.63) is 65.9 Å². The minimum absolute atomic E-state index is 0. The number of amides is 1. The lowest BCUT2D eigenvalue weighted by molar-refractivity contribution is -0.137. The summed E-state index contributed by atoms with van der Waals surface area (Å²) in [6, 6.07) is 13.1. The van der Waals surface area contributed by atoms with Gasteiger partial charge in [-0.25, -0.2) is 4.98 Å². The summed E-state index contributed by atoms with van der Waals surface area (Å²) >= 11 is 0. The molecule has 12 heteroatoms.